The Morgan fingerprint density at radius 3 is 2.44 bits per heavy atom. The Morgan fingerprint density at radius 1 is 1.25 bits per heavy atom. The molecular weight excluding hydrogens is 202 g/mol. The fourth-order valence-corrected chi connectivity index (χ4v) is 1.13. The molecule has 0 rings (SSSR count). The normalized spacial score (nSPS) is 11.8. The molecule has 0 aliphatic heterocycles. The van der Waals surface area contributed by atoms with Crippen molar-refractivity contribution in [1.82, 2.24) is 5.32 Å². The van der Waals surface area contributed by atoms with Crippen molar-refractivity contribution in [2.75, 3.05) is 6.54 Å². The summed E-state index contributed by atoms with van der Waals surface area (Å²) in [5.41, 5.74) is -0.412. The van der Waals surface area contributed by atoms with Gasteiger partial charge in [0.1, 0.15) is 5.60 Å². The monoisotopic (exact) mass is 227 g/mol. The van der Waals surface area contributed by atoms with Gasteiger partial charge in [-0.1, -0.05) is 25.5 Å². The molecule has 0 radical (unpaired) electrons. The van der Waals surface area contributed by atoms with E-state index < -0.39 is 5.60 Å². The standard InChI is InChI=1S/C13H25NO2/c1-5-6-7-8-9-10-11-14-12(15)16-13(2,3)4/h7-8H,5-6,9-11H2,1-4H3,(H,14,15)/b8-7+. The minimum atomic E-state index is -0.412. The summed E-state index contributed by atoms with van der Waals surface area (Å²) in [6.45, 7) is 8.42. The molecule has 94 valence electrons. The maximum atomic E-state index is 11.2. The third kappa shape index (κ3) is 11.1. The van der Waals surface area contributed by atoms with Crippen molar-refractivity contribution in [3.05, 3.63) is 12.2 Å². The lowest BCUT2D eigenvalue weighted by molar-refractivity contribution is 0.0527. The van der Waals surface area contributed by atoms with Crippen LogP contribution in [0.15, 0.2) is 12.2 Å². The van der Waals surface area contributed by atoms with Crippen LogP contribution in [-0.4, -0.2) is 18.2 Å². The van der Waals surface area contributed by atoms with Crippen LogP contribution >= 0.6 is 0 Å². The first-order chi connectivity index (χ1) is 7.45. The molecule has 0 fully saturated rings. The van der Waals surface area contributed by atoms with Crippen molar-refractivity contribution >= 4 is 6.09 Å². The highest BCUT2D eigenvalue weighted by Crippen LogP contribution is 2.06. The molecule has 0 aromatic heterocycles. The second-order valence-electron chi connectivity index (χ2n) is 4.83. The highest BCUT2D eigenvalue weighted by molar-refractivity contribution is 5.67. The highest BCUT2D eigenvalue weighted by atomic mass is 16.6. The van der Waals surface area contributed by atoms with Gasteiger partial charge in [-0.25, -0.2) is 4.79 Å². The van der Waals surface area contributed by atoms with Crippen molar-refractivity contribution < 1.29 is 9.53 Å². The van der Waals surface area contributed by atoms with E-state index in [4.69, 9.17) is 4.74 Å². The van der Waals surface area contributed by atoms with Gasteiger partial charge in [-0.2, -0.15) is 0 Å². The number of rotatable bonds is 6. The van der Waals surface area contributed by atoms with Gasteiger partial charge in [-0.3, -0.25) is 0 Å². The van der Waals surface area contributed by atoms with Gasteiger partial charge >= 0.3 is 6.09 Å². The number of carbonyl (C=O) groups is 1. The summed E-state index contributed by atoms with van der Waals surface area (Å²) < 4.78 is 5.11. The van der Waals surface area contributed by atoms with E-state index in [1.54, 1.807) is 0 Å². The van der Waals surface area contributed by atoms with E-state index in [2.05, 4.69) is 24.4 Å². The van der Waals surface area contributed by atoms with Crippen LogP contribution < -0.4 is 5.32 Å². The Bertz CT molecular complexity index is 216. The number of hydrogen-bond acceptors (Lipinski definition) is 2. The van der Waals surface area contributed by atoms with E-state index in [9.17, 15) is 4.79 Å². The molecule has 16 heavy (non-hydrogen) atoms. The average Bonchev–Trinajstić information content (AvgIpc) is 2.13. The first-order valence-corrected chi connectivity index (χ1v) is 6.07. The molecule has 0 atom stereocenters. The quantitative estimate of drug-likeness (QED) is 0.555. The number of amides is 1. The molecule has 0 aliphatic rings. The van der Waals surface area contributed by atoms with Crippen molar-refractivity contribution in [3.8, 4) is 0 Å². The largest absolute Gasteiger partial charge is 0.444 e. The SMILES string of the molecule is CCC/C=C/CCCNC(=O)OC(C)(C)C. The zero-order valence-corrected chi connectivity index (χ0v) is 11.0. The van der Waals surface area contributed by atoms with Crippen LogP contribution in [0, 0.1) is 0 Å². The van der Waals surface area contributed by atoms with Gasteiger partial charge in [-0.05, 0) is 40.0 Å². The lowest BCUT2D eigenvalue weighted by atomic mass is 10.2. The van der Waals surface area contributed by atoms with E-state index in [0.29, 0.717) is 6.54 Å². The highest BCUT2D eigenvalue weighted by Gasteiger charge is 2.15. The second-order valence-corrected chi connectivity index (χ2v) is 4.83. The predicted octanol–water partition coefficient (Wildman–Crippen LogP) is 3.65. The summed E-state index contributed by atoms with van der Waals surface area (Å²) in [6, 6.07) is 0. The second kappa shape index (κ2) is 8.20. The number of nitrogens with one attached hydrogen (secondary N) is 1. The van der Waals surface area contributed by atoms with Gasteiger partial charge in [0.15, 0.2) is 0 Å². The molecule has 0 bridgehead atoms. The van der Waals surface area contributed by atoms with Crippen molar-refractivity contribution in [1.29, 1.82) is 0 Å². The van der Waals surface area contributed by atoms with Crippen molar-refractivity contribution in [2.24, 2.45) is 0 Å². The molecule has 0 spiro atoms. The summed E-state index contributed by atoms with van der Waals surface area (Å²) in [4.78, 5) is 11.2. The molecule has 0 saturated carbocycles. The molecular formula is C13H25NO2. The molecule has 1 amide bonds. The topological polar surface area (TPSA) is 38.3 Å². The third-order valence-corrected chi connectivity index (χ3v) is 1.84. The number of alkyl carbamates (subject to hydrolysis) is 1. The lowest BCUT2D eigenvalue weighted by Gasteiger charge is -2.19. The Labute approximate surface area is 99.3 Å². The maximum absolute atomic E-state index is 11.2. The van der Waals surface area contributed by atoms with Gasteiger partial charge in [0.05, 0.1) is 0 Å². The predicted molar refractivity (Wildman–Crippen MR) is 67.5 cm³/mol. The third-order valence-electron chi connectivity index (χ3n) is 1.84. The lowest BCUT2D eigenvalue weighted by Crippen LogP contribution is -2.32. The molecule has 3 heteroatoms. The van der Waals surface area contributed by atoms with Gasteiger partial charge in [0, 0.05) is 6.54 Å². The molecule has 1 N–H and O–H groups in total. The first-order valence-electron chi connectivity index (χ1n) is 6.07. The molecule has 0 heterocycles. The zero-order chi connectivity index (χ0) is 12.4. The Kier molecular flexibility index (Phi) is 7.69. The molecule has 0 aromatic rings. The van der Waals surface area contributed by atoms with Crippen LogP contribution in [0.3, 0.4) is 0 Å². The van der Waals surface area contributed by atoms with Crippen LogP contribution in [0.4, 0.5) is 4.79 Å². The molecule has 0 saturated heterocycles. The fourth-order valence-electron chi connectivity index (χ4n) is 1.13. The van der Waals surface area contributed by atoms with E-state index in [-0.39, 0.29) is 6.09 Å². The van der Waals surface area contributed by atoms with E-state index in [1.807, 2.05) is 20.8 Å². The van der Waals surface area contributed by atoms with E-state index in [0.717, 1.165) is 19.3 Å². The van der Waals surface area contributed by atoms with Gasteiger partial charge < -0.3 is 10.1 Å². The number of hydrogen-bond donors (Lipinski definition) is 1. The van der Waals surface area contributed by atoms with Gasteiger partial charge in [-0.15, -0.1) is 0 Å². The molecule has 0 unspecified atom stereocenters. The molecule has 3 nitrogen and oxygen atoms in total. The molecule has 0 aliphatic carbocycles. The van der Waals surface area contributed by atoms with Crippen LogP contribution in [0.5, 0.6) is 0 Å². The van der Waals surface area contributed by atoms with Crippen LogP contribution in [0.2, 0.25) is 0 Å². The first kappa shape index (κ1) is 15.0. The number of ether oxygens (including phenoxy) is 1. The van der Waals surface area contributed by atoms with Crippen LogP contribution in [-0.2, 0) is 4.74 Å². The maximum Gasteiger partial charge on any atom is 0.407 e. The van der Waals surface area contributed by atoms with Crippen molar-refractivity contribution in [3.63, 3.8) is 0 Å². The van der Waals surface area contributed by atoms with Crippen LogP contribution in [0.25, 0.3) is 0 Å². The Balaban J connectivity index is 3.42. The van der Waals surface area contributed by atoms with Gasteiger partial charge in [0.25, 0.3) is 0 Å². The van der Waals surface area contributed by atoms with Crippen LogP contribution in [0.1, 0.15) is 53.4 Å². The zero-order valence-electron chi connectivity index (χ0n) is 11.0. The Morgan fingerprint density at radius 2 is 1.88 bits per heavy atom. The number of allylic oxidation sites excluding steroid dienone is 2. The smallest absolute Gasteiger partial charge is 0.407 e. The Hall–Kier alpha value is -0.990. The van der Waals surface area contributed by atoms with Crippen molar-refractivity contribution in [2.45, 2.75) is 59.0 Å². The molecule has 0 aromatic carbocycles. The fraction of sp³-hybridized carbons (Fsp3) is 0.769. The number of carbonyl (C=O) groups excluding carboxylic acids is 1. The van der Waals surface area contributed by atoms with E-state index >= 15 is 0 Å². The summed E-state index contributed by atoms with van der Waals surface area (Å²) >= 11 is 0. The summed E-state index contributed by atoms with van der Waals surface area (Å²) in [7, 11) is 0. The minimum Gasteiger partial charge on any atom is -0.444 e. The van der Waals surface area contributed by atoms with Gasteiger partial charge in [0.2, 0.25) is 0 Å². The minimum absolute atomic E-state index is 0.329. The average molecular weight is 227 g/mol. The number of unbranched alkanes of at least 4 members (excludes halogenated alkanes) is 2. The summed E-state index contributed by atoms with van der Waals surface area (Å²) in [6.07, 6.45) is 8.32. The summed E-state index contributed by atoms with van der Waals surface area (Å²) in [5, 5.41) is 2.74. The summed E-state index contributed by atoms with van der Waals surface area (Å²) in [5.74, 6) is 0. The van der Waals surface area contributed by atoms with E-state index in [1.165, 1.54) is 6.42 Å².